The first-order chi connectivity index (χ1) is 24.5. The molecule has 0 radical (unpaired) electrons. The van der Waals surface area contributed by atoms with Gasteiger partial charge in [0.1, 0.15) is 22.8 Å². The van der Waals surface area contributed by atoms with Crippen molar-refractivity contribution in [2.45, 2.75) is 38.0 Å². The van der Waals surface area contributed by atoms with Crippen molar-refractivity contribution in [1.82, 2.24) is 4.90 Å². The number of hydrogen-bond acceptors (Lipinski definition) is 9. The zero-order valence-electron chi connectivity index (χ0n) is 27.9. The maximum Gasteiger partial charge on any atom is 0.387 e. The average Bonchev–Trinajstić information content (AvgIpc) is 3.92. The Hall–Kier alpha value is -4.65. The molecule has 1 aliphatic carbocycles. The van der Waals surface area contributed by atoms with Gasteiger partial charge in [0, 0.05) is 24.2 Å². The van der Waals surface area contributed by atoms with Crippen LogP contribution in [0.1, 0.15) is 52.0 Å². The third-order valence-corrected chi connectivity index (χ3v) is 8.64. The highest BCUT2D eigenvalue weighted by atomic mass is 35.5. The van der Waals surface area contributed by atoms with E-state index in [1.807, 2.05) is 25.1 Å². The third-order valence-electron chi connectivity index (χ3n) is 7.98. The van der Waals surface area contributed by atoms with Gasteiger partial charge in [0.2, 0.25) is 0 Å². The van der Waals surface area contributed by atoms with Gasteiger partial charge in [-0.3, -0.25) is 0 Å². The molecule has 1 N–H and O–H groups in total. The van der Waals surface area contributed by atoms with Crippen LogP contribution in [-0.4, -0.2) is 57.3 Å². The molecule has 1 aromatic heterocycles. The van der Waals surface area contributed by atoms with Gasteiger partial charge in [-0.2, -0.15) is 13.5 Å². The Bertz CT molecular complexity index is 1790. The summed E-state index contributed by atoms with van der Waals surface area (Å²) in [7, 11) is 3.75. The second kappa shape index (κ2) is 17.5. The first kappa shape index (κ1) is 37.6. The van der Waals surface area contributed by atoms with Crippen molar-refractivity contribution in [3.8, 4) is 11.5 Å². The summed E-state index contributed by atoms with van der Waals surface area (Å²) < 4.78 is 49.1. The van der Waals surface area contributed by atoms with E-state index < -0.39 is 30.7 Å². The minimum atomic E-state index is -3.09. The summed E-state index contributed by atoms with van der Waals surface area (Å²) in [5, 5.41) is 15.2. The Balaban J connectivity index is 1.43. The highest BCUT2D eigenvalue weighted by molar-refractivity contribution is 6.35. The van der Waals surface area contributed by atoms with Gasteiger partial charge in [0.05, 0.1) is 12.2 Å². The number of alkyl halides is 2. The van der Waals surface area contributed by atoms with Gasteiger partial charge in [-0.15, -0.1) is 0 Å². The molecule has 1 aliphatic rings. The molecule has 1 heterocycles. The molecule has 3 aromatic carbocycles. The second-order valence-electron chi connectivity index (χ2n) is 12.3. The fourth-order valence-corrected chi connectivity index (χ4v) is 5.70. The molecule has 0 spiro atoms. The Kier molecular flexibility index (Phi) is 12.9. The minimum absolute atomic E-state index is 0.0389. The SMILES string of the molecule is CN(C)CCOC(=O)C(Nc1cccc(C(=O)OC(Cc2c(Cl)c[n+]([O-])cc2Cl)c2ccc(OC(F)F)c(OCC3CC3)c2)c1)c1ccccc1. The molecular formula is C37H37Cl2F2N3O7. The number of rotatable bonds is 17. The topological polar surface area (TPSA) is 113 Å². The summed E-state index contributed by atoms with van der Waals surface area (Å²) in [6, 6.07) is 18.8. The van der Waals surface area contributed by atoms with Crippen LogP contribution in [0.4, 0.5) is 14.5 Å². The molecule has 270 valence electrons. The van der Waals surface area contributed by atoms with Crippen LogP contribution in [-0.2, 0) is 20.7 Å². The highest BCUT2D eigenvalue weighted by Gasteiger charge is 2.28. The molecule has 14 heteroatoms. The Labute approximate surface area is 304 Å². The van der Waals surface area contributed by atoms with E-state index in [0.717, 1.165) is 25.2 Å². The Morgan fingerprint density at radius 2 is 1.69 bits per heavy atom. The second-order valence-corrected chi connectivity index (χ2v) is 13.1. The first-order valence-corrected chi connectivity index (χ1v) is 16.9. The molecule has 0 amide bonds. The quantitative estimate of drug-likeness (QED) is 0.0671. The van der Waals surface area contributed by atoms with Crippen molar-refractivity contribution in [2.75, 3.05) is 39.2 Å². The van der Waals surface area contributed by atoms with Crippen LogP contribution < -0.4 is 19.5 Å². The Morgan fingerprint density at radius 3 is 2.35 bits per heavy atom. The number of carbonyl (C=O) groups is 2. The highest BCUT2D eigenvalue weighted by Crippen LogP contribution is 2.38. The van der Waals surface area contributed by atoms with E-state index in [1.54, 1.807) is 42.5 Å². The maximum atomic E-state index is 13.8. The number of hydrogen-bond donors (Lipinski definition) is 1. The van der Waals surface area contributed by atoms with Gasteiger partial charge in [0.25, 0.3) is 0 Å². The fourth-order valence-electron chi connectivity index (χ4n) is 5.10. The van der Waals surface area contributed by atoms with Gasteiger partial charge in [-0.1, -0.05) is 65.7 Å². The number of nitrogens with zero attached hydrogens (tertiary/aromatic N) is 2. The van der Waals surface area contributed by atoms with Gasteiger partial charge in [0.15, 0.2) is 29.9 Å². The number of nitrogens with one attached hydrogen (secondary N) is 1. The van der Waals surface area contributed by atoms with E-state index in [0.29, 0.717) is 46.2 Å². The molecule has 51 heavy (non-hydrogen) atoms. The predicted molar refractivity (Wildman–Crippen MR) is 187 cm³/mol. The van der Waals surface area contributed by atoms with Gasteiger partial charge >= 0.3 is 18.6 Å². The van der Waals surface area contributed by atoms with Crippen molar-refractivity contribution < 1.29 is 42.0 Å². The number of carbonyl (C=O) groups excluding carboxylic acids is 2. The predicted octanol–water partition coefficient (Wildman–Crippen LogP) is 7.42. The zero-order valence-corrected chi connectivity index (χ0v) is 29.4. The molecule has 0 bridgehead atoms. The molecule has 4 aromatic rings. The number of pyridine rings is 1. The lowest BCUT2D eigenvalue weighted by Crippen LogP contribution is -2.27. The maximum absolute atomic E-state index is 13.8. The monoisotopic (exact) mass is 743 g/mol. The Morgan fingerprint density at radius 1 is 0.961 bits per heavy atom. The molecule has 5 rings (SSSR count). The number of anilines is 1. The molecule has 1 saturated carbocycles. The molecule has 0 saturated heterocycles. The first-order valence-electron chi connectivity index (χ1n) is 16.2. The molecule has 2 atom stereocenters. The summed E-state index contributed by atoms with van der Waals surface area (Å²) in [4.78, 5) is 28.9. The van der Waals surface area contributed by atoms with Crippen LogP contribution >= 0.6 is 23.2 Å². The van der Waals surface area contributed by atoms with E-state index in [9.17, 15) is 23.6 Å². The van der Waals surface area contributed by atoms with Gasteiger partial charge in [-0.05, 0) is 74.3 Å². The lowest BCUT2D eigenvalue weighted by Gasteiger charge is -2.22. The lowest BCUT2D eigenvalue weighted by molar-refractivity contribution is -0.605. The number of likely N-dealkylation sites (N-methyl/N-ethyl adjacent to an activating group) is 1. The molecule has 0 aliphatic heterocycles. The van der Waals surface area contributed by atoms with E-state index in [2.05, 4.69) is 5.32 Å². The molecule has 1 fully saturated rings. The summed E-state index contributed by atoms with van der Waals surface area (Å²) >= 11 is 12.8. The van der Waals surface area contributed by atoms with Crippen LogP contribution in [0, 0.1) is 11.1 Å². The summed E-state index contributed by atoms with van der Waals surface area (Å²) in [6.07, 6.45) is 3.03. The molecular weight excluding hydrogens is 707 g/mol. The van der Waals surface area contributed by atoms with E-state index in [-0.39, 0.29) is 40.1 Å². The van der Waals surface area contributed by atoms with Crippen LogP contribution in [0.15, 0.2) is 85.2 Å². The van der Waals surface area contributed by atoms with Crippen molar-refractivity contribution in [3.63, 3.8) is 0 Å². The number of benzene rings is 3. The van der Waals surface area contributed by atoms with Crippen LogP contribution in [0.5, 0.6) is 11.5 Å². The van der Waals surface area contributed by atoms with Crippen LogP contribution in [0.3, 0.4) is 0 Å². The fraction of sp³-hybridized carbons (Fsp3) is 0.324. The van der Waals surface area contributed by atoms with E-state index >= 15 is 0 Å². The van der Waals surface area contributed by atoms with Crippen molar-refractivity contribution in [3.05, 3.63) is 123 Å². The lowest BCUT2D eigenvalue weighted by atomic mass is 10.0. The number of halogens is 4. The smallest absolute Gasteiger partial charge is 0.387 e. The number of esters is 2. The summed E-state index contributed by atoms with van der Waals surface area (Å²) in [6.45, 7) is -2.05. The van der Waals surface area contributed by atoms with Gasteiger partial charge in [-0.25, -0.2) is 9.59 Å². The standard InChI is InChI=1S/C37H37Cl2F2N3O7/c1-43(2)15-16-48-36(46)34(24-7-4-3-5-8-24)42-27-10-6-9-26(17-27)35(45)50-32(19-28-29(38)20-44(47)21-30(28)39)25-13-14-31(51-37(40)41)33(18-25)49-22-23-11-12-23/h3-10,13-14,17-18,20-21,23,32,34,37,42H,11-12,15-16,19,22H2,1-2H3. The van der Waals surface area contributed by atoms with Crippen LogP contribution in [0.2, 0.25) is 10.0 Å². The van der Waals surface area contributed by atoms with E-state index in [1.165, 1.54) is 24.3 Å². The van der Waals surface area contributed by atoms with Crippen molar-refractivity contribution >= 4 is 40.8 Å². The number of aromatic nitrogens is 1. The normalized spacial score (nSPS) is 13.8. The molecule has 2 unspecified atom stereocenters. The summed E-state index contributed by atoms with van der Waals surface area (Å²) in [5.74, 6) is -1.05. The van der Waals surface area contributed by atoms with Crippen molar-refractivity contribution in [2.24, 2.45) is 5.92 Å². The van der Waals surface area contributed by atoms with Gasteiger partial charge < -0.3 is 34.4 Å². The summed E-state index contributed by atoms with van der Waals surface area (Å²) in [5.41, 5.74) is 1.95. The zero-order chi connectivity index (χ0) is 36.5. The average molecular weight is 745 g/mol. The van der Waals surface area contributed by atoms with Crippen molar-refractivity contribution in [1.29, 1.82) is 0 Å². The number of ether oxygens (including phenoxy) is 4. The third kappa shape index (κ3) is 10.9. The van der Waals surface area contributed by atoms with E-state index in [4.69, 9.17) is 42.1 Å². The molecule has 10 nitrogen and oxygen atoms in total. The largest absolute Gasteiger partial charge is 0.619 e. The van der Waals surface area contributed by atoms with Crippen LogP contribution in [0.25, 0.3) is 0 Å². The minimum Gasteiger partial charge on any atom is -0.619 e.